The molecule has 0 bridgehead atoms. The molecule has 32 heavy (non-hydrogen) atoms. The number of methoxy groups -OCH3 is 1. The van der Waals surface area contributed by atoms with E-state index in [1.165, 1.54) is 11.1 Å². The highest BCUT2D eigenvalue weighted by atomic mass is 16.5. The van der Waals surface area contributed by atoms with Crippen molar-refractivity contribution in [3.05, 3.63) is 54.1 Å². The van der Waals surface area contributed by atoms with Crippen molar-refractivity contribution in [2.24, 2.45) is 0 Å². The Morgan fingerprint density at radius 3 is 2.81 bits per heavy atom. The summed E-state index contributed by atoms with van der Waals surface area (Å²) < 4.78 is 5.00. The molecule has 0 saturated heterocycles. The fourth-order valence-electron chi connectivity index (χ4n) is 3.40. The first-order chi connectivity index (χ1) is 15.5. The smallest absolute Gasteiger partial charge is 0.255 e. The van der Waals surface area contributed by atoms with Gasteiger partial charge in [-0.05, 0) is 25.1 Å². The number of aromatic nitrogens is 4. The predicted molar refractivity (Wildman–Crippen MR) is 119 cm³/mol. The second kappa shape index (κ2) is 9.06. The van der Waals surface area contributed by atoms with Crippen molar-refractivity contribution in [1.29, 1.82) is 0 Å². The van der Waals surface area contributed by atoms with Crippen molar-refractivity contribution in [3.8, 4) is 11.5 Å². The third kappa shape index (κ3) is 4.12. The lowest BCUT2D eigenvalue weighted by Gasteiger charge is -2.34. The van der Waals surface area contributed by atoms with Gasteiger partial charge in [-0.15, -0.1) is 0 Å². The number of aryl methyl sites for hydroxylation is 1. The van der Waals surface area contributed by atoms with Crippen LogP contribution in [0.25, 0.3) is 11.5 Å². The minimum Gasteiger partial charge on any atom is -0.383 e. The highest BCUT2D eigenvalue weighted by Crippen LogP contribution is 2.37. The molecule has 0 spiro atoms. The largest absolute Gasteiger partial charge is 0.383 e. The van der Waals surface area contributed by atoms with Crippen LogP contribution >= 0.6 is 0 Å². The number of anilines is 3. The first-order valence-corrected chi connectivity index (χ1v) is 10.1. The van der Waals surface area contributed by atoms with Crippen molar-refractivity contribution in [1.82, 2.24) is 25.3 Å². The van der Waals surface area contributed by atoms with Gasteiger partial charge in [-0.25, -0.2) is 15.0 Å². The van der Waals surface area contributed by atoms with Crippen LogP contribution in [0.1, 0.15) is 16.1 Å². The number of rotatable bonds is 6. The highest BCUT2D eigenvalue weighted by molar-refractivity contribution is 6.07. The summed E-state index contributed by atoms with van der Waals surface area (Å²) in [5.74, 6) is 0.482. The maximum absolute atomic E-state index is 12.8. The van der Waals surface area contributed by atoms with Gasteiger partial charge in [0.2, 0.25) is 5.91 Å². The van der Waals surface area contributed by atoms with Crippen LogP contribution in [0, 0.1) is 6.92 Å². The lowest BCUT2D eigenvalue weighted by atomic mass is 10.1. The number of likely N-dealkylation sites (N-methyl/N-ethyl adjacent to an activating group) is 1. The summed E-state index contributed by atoms with van der Waals surface area (Å²) in [7, 11) is 3.24. The van der Waals surface area contributed by atoms with Crippen LogP contribution in [0.4, 0.5) is 17.2 Å². The van der Waals surface area contributed by atoms with Crippen LogP contribution in [0.5, 0.6) is 0 Å². The zero-order valence-corrected chi connectivity index (χ0v) is 18.1. The van der Waals surface area contributed by atoms with Crippen LogP contribution in [0.3, 0.4) is 0 Å². The molecule has 10 nitrogen and oxygen atoms in total. The Hall–Kier alpha value is -3.92. The Morgan fingerprint density at radius 1 is 1.19 bits per heavy atom. The molecule has 4 rings (SSSR count). The van der Waals surface area contributed by atoms with E-state index in [9.17, 15) is 9.59 Å². The summed E-state index contributed by atoms with van der Waals surface area (Å²) in [6.45, 7) is 2.65. The molecule has 164 valence electrons. The molecule has 1 aliphatic heterocycles. The second-order valence-electron chi connectivity index (χ2n) is 7.25. The van der Waals surface area contributed by atoms with Crippen LogP contribution < -0.4 is 15.1 Å². The standard InChI is InChI=1S/C22H23N7O3/c1-14-5-4-6-16(26-14)20-25-12-18-21(27-20)29(13-19(30)28(18)2)17-7-8-23-11-15(17)22(31)24-9-10-32-3/h4-8,11-12H,9-10,13H2,1-3H3,(H,24,31). The number of fused-ring (bicyclic) bond motifs is 1. The van der Waals surface area contributed by atoms with Gasteiger partial charge in [-0.2, -0.15) is 0 Å². The van der Waals surface area contributed by atoms with Gasteiger partial charge >= 0.3 is 0 Å². The van der Waals surface area contributed by atoms with Crippen molar-refractivity contribution in [3.63, 3.8) is 0 Å². The Kier molecular flexibility index (Phi) is 6.04. The Morgan fingerprint density at radius 2 is 2.03 bits per heavy atom. The van der Waals surface area contributed by atoms with Gasteiger partial charge in [0.1, 0.15) is 17.9 Å². The molecule has 0 unspecified atom stereocenters. The number of ether oxygens (including phenoxy) is 1. The fraction of sp³-hybridized carbons (Fsp3) is 0.273. The van der Waals surface area contributed by atoms with E-state index in [4.69, 9.17) is 9.72 Å². The van der Waals surface area contributed by atoms with E-state index in [1.54, 1.807) is 37.5 Å². The molecule has 0 aromatic carbocycles. The quantitative estimate of drug-likeness (QED) is 0.585. The number of hydrogen-bond donors (Lipinski definition) is 1. The molecular formula is C22H23N7O3. The van der Waals surface area contributed by atoms with E-state index in [0.29, 0.717) is 47.4 Å². The SMILES string of the molecule is COCCNC(=O)c1cnccc1N1CC(=O)N(C)c2cnc(-c3cccc(C)n3)nc21. The minimum absolute atomic E-state index is 0.0174. The number of carbonyl (C=O) groups excluding carboxylic acids is 2. The monoisotopic (exact) mass is 433 g/mol. The molecule has 10 heteroatoms. The minimum atomic E-state index is -0.312. The zero-order chi connectivity index (χ0) is 22.7. The highest BCUT2D eigenvalue weighted by Gasteiger charge is 2.32. The van der Waals surface area contributed by atoms with E-state index in [2.05, 4.69) is 20.3 Å². The lowest BCUT2D eigenvalue weighted by Crippen LogP contribution is -2.43. The summed E-state index contributed by atoms with van der Waals surface area (Å²) >= 11 is 0. The van der Waals surface area contributed by atoms with Crippen molar-refractivity contribution in [2.45, 2.75) is 6.92 Å². The molecule has 0 fully saturated rings. The summed E-state index contributed by atoms with van der Waals surface area (Å²) in [4.78, 5) is 46.5. The van der Waals surface area contributed by atoms with Gasteiger partial charge in [0.15, 0.2) is 11.6 Å². The van der Waals surface area contributed by atoms with Crippen molar-refractivity contribution >= 4 is 29.0 Å². The Bertz CT molecular complexity index is 1170. The average Bonchev–Trinajstić information content (AvgIpc) is 2.81. The molecule has 0 saturated carbocycles. The third-order valence-corrected chi connectivity index (χ3v) is 5.08. The second-order valence-corrected chi connectivity index (χ2v) is 7.25. The fourth-order valence-corrected chi connectivity index (χ4v) is 3.40. The number of amides is 2. The maximum Gasteiger partial charge on any atom is 0.255 e. The number of nitrogens with one attached hydrogen (secondary N) is 1. The normalized spacial score (nSPS) is 13.2. The van der Waals surface area contributed by atoms with Crippen LogP contribution in [-0.4, -0.2) is 65.6 Å². The molecule has 2 amide bonds. The molecular weight excluding hydrogens is 410 g/mol. The number of pyridine rings is 2. The van der Waals surface area contributed by atoms with Gasteiger partial charge < -0.3 is 19.9 Å². The van der Waals surface area contributed by atoms with E-state index in [1.807, 2.05) is 25.1 Å². The summed E-state index contributed by atoms with van der Waals surface area (Å²) in [6, 6.07) is 7.31. The summed E-state index contributed by atoms with van der Waals surface area (Å²) in [6.07, 6.45) is 4.66. The van der Waals surface area contributed by atoms with Crippen LogP contribution in [-0.2, 0) is 9.53 Å². The maximum atomic E-state index is 12.8. The zero-order valence-electron chi connectivity index (χ0n) is 18.1. The Labute approximate surface area is 185 Å². The number of carbonyl (C=O) groups is 2. The molecule has 1 aliphatic rings. The molecule has 0 radical (unpaired) electrons. The molecule has 0 atom stereocenters. The predicted octanol–water partition coefficient (Wildman–Crippen LogP) is 1.73. The lowest BCUT2D eigenvalue weighted by molar-refractivity contribution is -0.117. The number of nitrogens with zero attached hydrogens (tertiary/aromatic N) is 6. The topological polar surface area (TPSA) is 113 Å². The van der Waals surface area contributed by atoms with E-state index >= 15 is 0 Å². The molecule has 0 aliphatic carbocycles. The Balaban J connectivity index is 1.79. The molecule has 4 heterocycles. The molecule has 3 aromatic heterocycles. The first-order valence-electron chi connectivity index (χ1n) is 10.1. The van der Waals surface area contributed by atoms with Gasteiger partial charge in [-0.1, -0.05) is 6.07 Å². The van der Waals surface area contributed by atoms with Gasteiger partial charge in [0.05, 0.1) is 24.1 Å². The molecule has 3 aromatic rings. The van der Waals surface area contributed by atoms with E-state index < -0.39 is 0 Å². The first kappa shape index (κ1) is 21.3. The van der Waals surface area contributed by atoms with Crippen molar-refractivity contribution < 1.29 is 14.3 Å². The van der Waals surface area contributed by atoms with Crippen LogP contribution in [0.15, 0.2) is 42.9 Å². The average molecular weight is 433 g/mol. The summed E-state index contributed by atoms with van der Waals surface area (Å²) in [5, 5.41) is 2.80. The van der Waals surface area contributed by atoms with Gasteiger partial charge in [-0.3, -0.25) is 14.6 Å². The van der Waals surface area contributed by atoms with Gasteiger partial charge in [0.25, 0.3) is 5.91 Å². The molecule has 1 N–H and O–H groups in total. The van der Waals surface area contributed by atoms with Crippen LogP contribution in [0.2, 0.25) is 0 Å². The number of hydrogen-bond acceptors (Lipinski definition) is 8. The third-order valence-electron chi connectivity index (χ3n) is 5.08. The van der Waals surface area contributed by atoms with E-state index in [-0.39, 0.29) is 18.4 Å². The van der Waals surface area contributed by atoms with Crippen molar-refractivity contribution in [2.75, 3.05) is 43.7 Å². The summed E-state index contributed by atoms with van der Waals surface area (Å²) in [5.41, 5.74) is 2.87. The van der Waals surface area contributed by atoms with E-state index in [0.717, 1.165) is 5.69 Å². The van der Waals surface area contributed by atoms with Gasteiger partial charge in [0, 0.05) is 38.8 Å².